The average molecular weight is 243 g/mol. The third-order valence-electron chi connectivity index (χ3n) is 2.77. The molecule has 0 aliphatic heterocycles. The number of benzene rings is 1. The van der Waals surface area contributed by atoms with Gasteiger partial charge < -0.3 is 5.73 Å². The van der Waals surface area contributed by atoms with Crippen LogP contribution in [0.2, 0.25) is 0 Å². The van der Waals surface area contributed by atoms with Crippen molar-refractivity contribution in [1.29, 1.82) is 0 Å². The summed E-state index contributed by atoms with van der Waals surface area (Å²) >= 11 is 0. The van der Waals surface area contributed by atoms with E-state index in [0.717, 1.165) is 17.7 Å². The molecule has 2 aromatic rings. The van der Waals surface area contributed by atoms with Gasteiger partial charge in [0.2, 0.25) is 0 Å². The number of nitrogens with two attached hydrogens (primary N) is 1. The second-order valence-electron chi connectivity index (χ2n) is 4.15. The van der Waals surface area contributed by atoms with Gasteiger partial charge in [-0.2, -0.15) is 5.10 Å². The van der Waals surface area contributed by atoms with Gasteiger partial charge in [0.1, 0.15) is 0 Å². The Morgan fingerprint density at radius 3 is 2.61 bits per heavy atom. The van der Waals surface area contributed by atoms with Gasteiger partial charge in [0.25, 0.3) is 5.56 Å². The molecule has 0 radical (unpaired) electrons. The van der Waals surface area contributed by atoms with Crippen LogP contribution in [0.1, 0.15) is 18.9 Å². The molecule has 0 aliphatic carbocycles. The highest BCUT2D eigenvalue weighted by Crippen LogP contribution is 2.15. The van der Waals surface area contributed by atoms with Crippen LogP contribution in [0.5, 0.6) is 0 Å². The number of rotatable bonds is 4. The van der Waals surface area contributed by atoms with E-state index in [0.29, 0.717) is 12.1 Å². The fraction of sp³-hybridized carbons (Fsp3) is 0.286. The Kier molecular flexibility index (Phi) is 3.89. The van der Waals surface area contributed by atoms with Crippen LogP contribution in [-0.2, 0) is 13.1 Å². The lowest BCUT2D eigenvalue weighted by molar-refractivity contribution is 0.564. The summed E-state index contributed by atoms with van der Waals surface area (Å²) in [7, 11) is 0. The third-order valence-corrected chi connectivity index (χ3v) is 2.77. The Balaban J connectivity index is 2.55. The molecule has 2 N–H and O–H groups in total. The van der Waals surface area contributed by atoms with Crippen molar-refractivity contribution >= 4 is 0 Å². The van der Waals surface area contributed by atoms with Crippen LogP contribution in [0.4, 0.5) is 0 Å². The van der Waals surface area contributed by atoms with E-state index >= 15 is 0 Å². The highest BCUT2D eigenvalue weighted by molar-refractivity contribution is 5.58. The minimum Gasteiger partial charge on any atom is -0.326 e. The van der Waals surface area contributed by atoms with Gasteiger partial charge in [0.15, 0.2) is 0 Å². The number of nitrogens with zero attached hydrogens (tertiary/aromatic N) is 2. The van der Waals surface area contributed by atoms with Gasteiger partial charge in [-0.3, -0.25) is 4.79 Å². The zero-order chi connectivity index (χ0) is 13.0. The summed E-state index contributed by atoms with van der Waals surface area (Å²) in [4.78, 5) is 12.0. The molecule has 1 aromatic heterocycles. The van der Waals surface area contributed by atoms with Gasteiger partial charge in [0.05, 0.1) is 5.69 Å². The van der Waals surface area contributed by atoms with Crippen LogP contribution < -0.4 is 11.3 Å². The maximum Gasteiger partial charge on any atom is 0.271 e. The van der Waals surface area contributed by atoms with Crippen molar-refractivity contribution in [2.24, 2.45) is 5.73 Å². The summed E-state index contributed by atoms with van der Waals surface area (Å²) in [5, 5.41) is 4.39. The number of hydrogen-bond acceptors (Lipinski definition) is 3. The number of hydrogen-bond donors (Lipinski definition) is 1. The molecule has 0 saturated heterocycles. The lowest BCUT2D eigenvalue weighted by Crippen LogP contribution is -2.28. The minimum absolute atomic E-state index is 0.0842. The molecule has 0 amide bonds. The Hall–Kier alpha value is -1.94. The van der Waals surface area contributed by atoms with Gasteiger partial charge in [-0.05, 0) is 12.5 Å². The van der Waals surface area contributed by atoms with Crippen molar-refractivity contribution in [1.82, 2.24) is 9.78 Å². The van der Waals surface area contributed by atoms with Crippen LogP contribution in [0.3, 0.4) is 0 Å². The van der Waals surface area contributed by atoms with Gasteiger partial charge in [-0.15, -0.1) is 0 Å². The third kappa shape index (κ3) is 2.49. The summed E-state index contributed by atoms with van der Waals surface area (Å²) in [6, 6.07) is 11.6. The smallest absolute Gasteiger partial charge is 0.271 e. The molecule has 0 saturated carbocycles. The van der Waals surface area contributed by atoms with Crippen LogP contribution in [0, 0.1) is 0 Å². The molecule has 1 heterocycles. The molecule has 4 heteroatoms. The highest BCUT2D eigenvalue weighted by Gasteiger charge is 2.08. The molecule has 0 atom stereocenters. The summed E-state index contributed by atoms with van der Waals surface area (Å²) in [5.74, 6) is 0. The largest absolute Gasteiger partial charge is 0.326 e. The average Bonchev–Trinajstić information content (AvgIpc) is 2.42. The first-order valence-electron chi connectivity index (χ1n) is 6.12. The van der Waals surface area contributed by atoms with Crippen molar-refractivity contribution in [2.75, 3.05) is 0 Å². The molecular weight excluding hydrogens is 226 g/mol. The fourth-order valence-electron chi connectivity index (χ4n) is 1.86. The van der Waals surface area contributed by atoms with Crippen molar-refractivity contribution in [3.05, 3.63) is 52.3 Å². The van der Waals surface area contributed by atoms with E-state index in [1.54, 1.807) is 6.07 Å². The SMILES string of the molecule is CCCn1nc(-c2ccccc2)cc(CN)c1=O. The zero-order valence-corrected chi connectivity index (χ0v) is 10.5. The first kappa shape index (κ1) is 12.5. The van der Waals surface area contributed by atoms with E-state index in [1.807, 2.05) is 37.3 Å². The molecule has 1 aromatic carbocycles. The molecule has 94 valence electrons. The topological polar surface area (TPSA) is 60.9 Å². The Morgan fingerprint density at radius 2 is 2.00 bits per heavy atom. The predicted octanol–water partition coefficient (Wildman–Crippen LogP) is 1.78. The molecule has 0 spiro atoms. The van der Waals surface area contributed by atoms with E-state index in [4.69, 9.17) is 5.73 Å². The fourth-order valence-corrected chi connectivity index (χ4v) is 1.86. The van der Waals surface area contributed by atoms with Crippen molar-refractivity contribution in [3.63, 3.8) is 0 Å². The monoisotopic (exact) mass is 243 g/mol. The summed E-state index contributed by atoms with van der Waals surface area (Å²) < 4.78 is 1.50. The first-order valence-corrected chi connectivity index (χ1v) is 6.12. The zero-order valence-electron chi connectivity index (χ0n) is 10.5. The van der Waals surface area contributed by atoms with Gasteiger partial charge in [0, 0.05) is 24.2 Å². The lowest BCUT2D eigenvalue weighted by Gasteiger charge is -2.09. The van der Waals surface area contributed by atoms with Gasteiger partial charge >= 0.3 is 0 Å². The molecule has 0 fully saturated rings. The van der Waals surface area contributed by atoms with Gasteiger partial charge in [-0.1, -0.05) is 37.3 Å². The predicted molar refractivity (Wildman–Crippen MR) is 72.1 cm³/mol. The lowest BCUT2D eigenvalue weighted by atomic mass is 10.1. The number of aromatic nitrogens is 2. The summed E-state index contributed by atoms with van der Waals surface area (Å²) in [6.07, 6.45) is 0.870. The molecule has 0 bridgehead atoms. The standard InChI is InChI=1S/C14H17N3O/c1-2-8-17-14(18)12(10-15)9-13(16-17)11-6-4-3-5-7-11/h3-7,9H,2,8,10,15H2,1H3. The quantitative estimate of drug-likeness (QED) is 0.890. The molecular formula is C14H17N3O. The van der Waals surface area contributed by atoms with Gasteiger partial charge in [-0.25, -0.2) is 4.68 Å². The molecule has 2 rings (SSSR count). The second-order valence-corrected chi connectivity index (χ2v) is 4.15. The van der Waals surface area contributed by atoms with E-state index in [2.05, 4.69) is 5.10 Å². The Morgan fingerprint density at radius 1 is 1.28 bits per heavy atom. The highest BCUT2D eigenvalue weighted by atomic mass is 16.1. The van der Waals surface area contributed by atoms with Crippen molar-refractivity contribution in [3.8, 4) is 11.3 Å². The maximum atomic E-state index is 12.0. The van der Waals surface area contributed by atoms with Crippen LogP contribution >= 0.6 is 0 Å². The molecule has 0 aliphatic rings. The molecule has 0 unspecified atom stereocenters. The van der Waals surface area contributed by atoms with E-state index < -0.39 is 0 Å². The second kappa shape index (κ2) is 5.60. The summed E-state index contributed by atoms with van der Waals surface area (Å²) in [5.41, 5.74) is 7.94. The first-order chi connectivity index (χ1) is 8.76. The molecule has 18 heavy (non-hydrogen) atoms. The Labute approximate surface area is 106 Å². The van der Waals surface area contributed by atoms with Crippen LogP contribution in [0.25, 0.3) is 11.3 Å². The minimum atomic E-state index is -0.0842. The molecule has 4 nitrogen and oxygen atoms in total. The summed E-state index contributed by atoms with van der Waals surface area (Å²) in [6.45, 7) is 2.88. The van der Waals surface area contributed by atoms with Crippen LogP contribution in [-0.4, -0.2) is 9.78 Å². The van der Waals surface area contributed by atoms with E-state index in [9.17, 15) is 4.79 Å². The van der Waals surface area contributed by atoms with Crippen molar-refractivity contribution < 1.29 is 0 Å². The normalized spacial score (nSPS) is 10.6. The van der Waals surface area contributed by atoms with Crippen LogP contribution in [0.15, 0.2) is 41.2 Å². The Bertz CT molecular complexity index is 575. The number of aryl methyl sites for hydroxylation is 1. The van der Waals surface area contributed by atoms with Crippen molar-refractivity contribution in [2.45, 2.75) is 26.4 Å². The maximum absolute atomic E-state index is 12.0. The van der Waals surface area contributed by atoms with E-state index in [1.165, 1.54) is 4.68 Å². The van der Waals surface area contributed by atoms with E-state index in [-0.39, 0.29) is 12.1 Å².